The fourth-order valence-corrected chi connectivity index (χ4v) is 4.52. The van der Waals surface area contributed by atoms with Crippen molar-refractivity contribution in [2.75, 3.05) is 26.3 Å². The number of aryl methyl sites for hydroxylation is 1. The number of nitrogens with one attached hydrogen (secondary N) is 1. The minimum absolute atomic E-state index is 0.119. The Morgan fingerprint density at radius 2 is 1.97 bits per heavy atom. The van der Waals surface area contributed by atoms with Gasteiger partial charge in [0.15, 0.2) is 0 Å². The van der Waals surface area contributed by atoms with Crippen LogP contribution in [-0.4, -0.2) is 52.4 Å². The molecule has 0 spiro atoms. The number of aromatic amines is 1. The molecule has 0 amide bonds. The highest BCUT2D eigenvalue weighted by atomic mass is 32.1. The Hall–Kier alpha value is -2.06. The fraction of sp³-hybridized carbons (Fsp3) is 0.478. The first-order valence-corrected chi connectivity index (χ1v) is 11.3. The van der Waals surface area contributed by atoms with Crippen LogP contribution >= 0.6 is 11.3 Å². The second-order valence-corrected chi connectivity index (χ2v) is 8.97. The standard InChI is InChI=1S/C23H31N3O3S/c1-5-29-13-18(27)11-26(10-15(2)3)12-20-24-22(28)21-19(14-30-23(21)25-20)17-8-6-16(4)7-9-17/h6-9,14-15,18,27H,5,10-13H2,1-4H3,(H,24,25,28). The van der Waals surface area contributed by atoms with Crippen LogP contribution in [0.25, 0.3) is 21.3 Å². The van der Waals surface area contributed by atoms with Crippen LogP contribution in [0.2, 0.25) is 0 Å². The smallest absolute Gasteiger partial charge is 0.260 e. The number of H-pyrrole nitrogens is 1. The Balaban J connectivity index is 1.84. The molecule has 0 aliphatic rings. The van der Waals surface area contributed by atoms with E-state index in [-0.39, 0.29) is 5.56 Å². The lowest BCUT2D eigenvalue weighted by molar-refractivity contribution is 0.0170. The predicted molar refractivity (Wildman–Crippen MR) is 123 cm³/mol. The summed E-state index contributed by atoms with van der Waals surface area (Å²) in [5, 5.41) is 12.9. The molecular formula is C23H31N3O3S. The van der Waals surface area contributed by atoms with Crippen molar-refractivity contribution < 1.29 is 9.84 Å². The minimum atomic E-state index is -0.575. The summed E-state index contributed by atoms with van der Waals surface area (Å²) < 4.78 is 5.33. The first-order chi connectivity index (χ1) is 14.4. The van der Waals surface area contributed by atoms with Crippen LogP contribution in [-0.2, 0) is 11.3 Å². The number of hydrogen-bond acceptors (Lipinski definition) is 6. The number of aromatic nitrogens is 2. The van der Waals surface area contributed by atoms with Gasteiger partial charge >= 0.3 is 0 Å². The van der Waals surface area contributed by atoms with Gasteiger partial charge in [0.05, 0.1) is 24.6 Å². The van der Waals surface area contributed by atoms with Crippen molar-refractivity contribution in [3.63, 3.8) is 0 Å². The molecule has 1 unspecified atom stereocenters. The van der Waals surface area contributed by atoms with E-state index < -0.39 is 6.10 Å². The molecule has 3 aromatic rings. The highest BCUT2D eigenvalue weighted by Gasteiger charge is 2.17. The normalized spacial score (nSPS) is 12.9. The second kappa shape index (κ2) is 10.3. The average Bonchev–Trinajstić information content (AvgIpc) is 3.11. The SMILES string of the molecule is CCOCC(O)CN(Cc1nc2scc(-c3ccc(C)cc3)c2c(=O)[nH]1)CC(C)C. The third kappa shape index (κ3) is 5.76. The lowest BCUT2D eigenvalue weighted by Crippen LogP contribution is -2.37. The third-order valence-electron chi connectivity index (χ3n) is 4.84. The van der Waals surface area contributed by atoms with E-state index in [2.05, 4.69) is 23.7 Å². The van der Waals surface area contributed by atoms with Gasteiger partial charge in [0.25, 0.3) is 5.56 Å². The van der Waals surface area contributed by atoms with Crippen LogP contribution < -0.4 is 5.56 Å². The van der Waals surface area contributed by atoms with E-state index in [0.29, 0.717) is 43.4 Å². The molecule has 0 aliphatic carbocycles. The van der Waals surface area contributed by atoms with Crippen LogP contribution in [0, 0.1) is 12.8 Å². The van der Waals surface area contributed by atoms with E-state index in [9.17, 15) is 9.90 Å². The van der Waals surface area contributed by atoms with E-state index in [4.69, 9.17) is 9.72 Å². The van der Waals surface area contributed by atoms with E-state index in [0.717, 1.165) is 22.5 Å². The van der Waals surface area contributed by atoms with E-state index in [1.165, 1.54) is 16.9 Å². The molecule has 0 saturated heterocycles. The molecule has 30 heavy (non-hydrogen) atoms. The molecule has 2 aromatic heterocycles. The number of aliphatic hydroxyl groups excluding tert-OH is 1. The molecule has 0 fully saturated rings. The van der Waals surface area contributed by atoms with Gasteiger partial charge < -0.3 is 14.8 Å². The van der Waals surface area contributed by atoms with Crippen LogP contribution in [0.5, 0.6) is 0 Å². The summed E-state index contributed by atoms with van der Waals surface area (Å²) in [5.41, 5.74) is 3.00. The van der Waals surface area contributed by atoms with Gasteiger partial charge in [0.2, 0.25) is 0 Å². The van der Waals surface area contributed by atoms with Crippen molar-refractivity contribution in [2.24, 2.45) is 5.92 Å². The van der Waals surface area contributed by atoms with Crippen molar-refractivity contribution in [1.82, 2.24) is 14.9 Å². The molecule has 2 heterocycles. The van der Waals surface area contributed by atoms with Crippen LogP contribution in [0.4, 0.5) is 0 Å². The number of fused-ring (bicyclic) bond motifs is 1. The second-order valence-electron chi connectivity index (χ2n) is 8.11. The van der Waals surface area contributed by atoms with Crippen LogP contribution in [0.1, 0.15) is 32.2 Å². The summed E-state index contributed by atoms with van der Waals surface area (Å²) in [6.07, 6.45) is -0.575. The van der Waals surface area contributed by atoms with Gasteiger partial charge in [-0.2, -0.15) is 0 Å². The van der Waals surface area contributed by atoms with Crippen molar-refractivity contribution in [3.05, 3.63) is 51.4 Å². The van der Waals surface area contributed by atoms with Crippen molar-refractivity contribution in [2.45, 2.75) is 40.3 Å². The molecule has 0 radical (unpaired) electrons. The summed E-state index contributed by atoms with van der Waals surface area (Å²) in [4.78, 5) is 23.5. The first-order valence-electron chi connectivity index (χ1n) is 10.4. The van der Waals surface area contributed by atoms with E-state index in [1.807, 2.05) is 43.5 Å². The van der Waals surface area contributed by atoms with E-state index in [1.54, 1.807) is 0 Å². The van der Waals surface area contributed by atoms with Gasteiger partial charge in [0.1, 0.15) is 10.7 Å². The third-order valence-corrected chi connectivity index (χ3v) is 5.71. The monoisotopic (exact) mass is 429 g/mol. The molecule has 2 N–H and O–H groups in total. The van der Waals surface area contributed by atoms with Crippen molar-refractivity contribution in [3.8, 4) is 11.1 Å². The molecule has 162 valence electrons. The molecular weight excluding hydrogens is 398 g/mol. The van der Waals surface area contributed by atoms with Gasteiger partial charge in [-0.25, -0.2) is 4.98 Å². The van der Waals surface area contributed by atoms with Crippen molar-refractivity contribution in [1.29, 1.82) is 0 Å². The Labute approximate surface area is 181 Å². The topological polar surface area (TPSA) is 78.5 Å². The Bertz CT molecular complexity index is 1010. The number of ether oxygens (including phenoxy) is 1. The largest absolute Gasteiger partial charge is 0.389 e. The van der Waals surface area contributed by atoms with Gasteiger partial charge in [-0.3, -0.25) is 9.69 Å². The summed E-state index contributed by atoms with van der Waals surface area (Å²) >= 11 is 1.49. The number of nitrogens with zero attached hydrogens (tertiary/aromatic N) is 2. The number of benzene rings is 1. The van der Waals surface area contributed by atoms with Crippen molar-refractivity contribution >= 4 is 21.6 Å². The molecule has 6 nitrogen and oxygen atoms in total. The number of rotatable bonds is 10. The summed E-state index contributed by atoms with van der Waals surface area (Å²) in [6.45, 7) is 10.8. The van der Waals surface area contributed by atoms with Crippen LogP contribution in [0.3, 0.4) is 0 Å². The lowest BCUT2D eigenvalue weighted by atomic mass is 10.1. The maximum atomic E-state index is 12.9. The average molecular weight is 430 g/mol. The van der Waals surface area contributed by atoms with E-state index >= 15 is 0 Å². The Kier molecular flexibility index (Phi) is 7.77. The fourth-order valence-electron chi connectivity index (χ4n) is 3.55. The summed E-state index contributed by atoms with van der Waals surface area (Å²) in [5.74, 6) is 1.05. The molecule has 1 aromatic carbocycles. The quantitative estimate of drug-likeness (QED) is 0.512. The predicted octanol–water partition coefficient (Wildman–Crippen LogP) is 3.82. The Morgan fingerprint density at radius 1 is 1.23 bits per heavy atom. The van der Waals surface area contributed by atoms with Gasteiger partial charge in [0, 0.05) is 30.6 Å². The molecule has 0 bridgehead atoms. The lowest BCUT2D eigenvalue weighted by Gasteiger charge is -2.26. The maximum absolute atomic E-state index is 12.9. The molecule has 7 heteroatoms. The van der Waals surface area contributed by atoms with Gasteiger partial charge in [-0.1, -0.05) is 43.7 Å². The molecule has 3 rings (SSSR count). The zero-order valence-corrected chi connectivity index (χ0v) is 19.0. The Morgan fingerprint density at radius 3 is 2.63 bits per heavy atom. The number of hydrogen-bond donors (Lipinski definition) is 2. The molecule has 0 aliphatic heterocycles. The zero-order chi connectivity index (χ0) is 21.7. The summed E-state index contributed by atoms with van der Waals surface area (Å²) in [7, 11) is 0. The minimum Gasteiger partial charge on any atom is -0.389 e. The number of aliphatic hydroxyl groups is 1. The molecule has 1 atom stereocenters. The summed E-state index contributed by atoms with van der Waals surface area (Å²) in [6, 6.07) is 8.17. The zero-order valence-electron chi connectivity index (χ0n) is 18.1. The number of thiophene rings is 1. The first kappa shape index (κ1) is 22.6. The highest BCUT2D eigenvalue weighted by molar-refractivity contribution is 7.17. The molecule has 0 saturated carbocycles. The van der Waals surface area contributed by atoms with Gasteiger partial charge in [-0.05, 0) is 25.3 Å². The van der Waals surface area contributed by atoms with Gasteiger partial charge in [-0.15, -0.1) is 11.3 Å². The van der Waals surface area contributed by atoms with Crippen LogP contribution in [0.15, 0.2) is 34.4 Å². The maximum Gasteiger partial charge on any atom is 0.260 e. The highest BCUT2D eigenvalue weighted by Crippen LogP contribution is 2.30.